The van der Waals surface area contributed by atoms with Crippen LogP contribution in [0.25, 0.3) is 0 Å². The molecule has 13 heavy (non-hydrogen) atoms. The molecule has 0 aliphatic rings. The number of benzene rings is 1. The normalized spacial score (nSPS) is 11.8. The Hall–Kier alpha value is -0.720. The summed E-state index contributed by atoms with van der Waals surface area (Å²) in [5.41, 5.74) is 0. The molecule has 0 radical (unpaired) electrons. The number of ether oxygens (including phenoxy) is 1. The van der Waals surface area contributed by atoms with E-state index in [1.807, 2.05) is 6.07 Å². The van der Waals surface area contributed by atoms with Gasteiger partial charge in [-0.05, 0) is 41.1 Å². The maximum absolute atomic E-state index is 8.50. The molecule has 0 N–H and O–H groups in total. The first-order valence-electron chi connectivity index (χ1n) is 3.65. The molecule has 1 unspecified atom stereocenters. The van der Waals surface area contributed by atoms with E-state index in [4.69, 9.17) is 21.6 Å². The Balaban J connectivity index is 2.81. The van der Waals surface area contributed by atoms with Crippen LogP contribution in [0, 0.1) is 11.3 Å². The van der Waals surface area contributed by atoms with Gasteiger partial charge in [-0.1, -0.05) is 11.6 Å². The van der Waals surface area contributed by atoms with Crippen LogP contribution in [0.1, 0.15) is 6.92 Å². The van der Waals surface area contributed by atoms with E-state index in [-0.39, 0.29) is 0 Å². The zero-order chi connectivity index (χ0) is 9.84. The highest BCUT2D eigenvalue weighted by atomic mass is 79.9. The van der Waals surface area contributed by atoms with E-state index < -0.39 is 6.10 Å². The highest BCUT2D eigenvalue weighted by molar-refractivity contribution is 9.10. The molecule has 4 heteroatoms. The minimum atomic E-state index is -0.461. The van der Waals surface area contributed by atoms with Crippen molar-refractivity contribution in [3.8, 4) is 11.8 Å². The van der Waals surface area contributed by atoms with E-state index in [2.05, 4.69) is 15.9 Å². The average Bonchev–Trinajstić information content (AvgIpc) is 2.11. The number of hydrogen-bond acceptors (Lipinski definition) is 2. The minimum absolute atomic E-state index is 0.461. The predicted molar refractivity (Wildman–Crippen MR) is 54.9 cm³/mol. The SMILES string of the molecule is CC(C#N)Oc1ccc(Br)c(Cl)c1. The van der Waals surface area contributed by atoms with Crippen LogP contribution < -0.4 is 4.74 Å². The number of hydrogen-bond donors (Lipinski definition) is 0. The summed E-state index contributed by atoms with van der Waals surface area (Å²) in [6.07, 6.45) is -0.461. The highest BCUT2D eigenvalue weighted by Gasteiger charge is 2.03. The van der Waals surface area contributed by atoms with Gasteiger partial charge in [0.2, 0.25) is 0 Å². The van der Waals surface area contributed by atoms with Gasteiger partial charge in [0.25, 0.3) is 0 Å². The second kappa shape index (κ2) is 4.50. The van der Waals surface area contributed by atoms with Gasteiger partial charge >= 0.3 is 0 Å². The lowest BCUT2D eigenvalue weighted by molar-refractivity contribution is 0.276. The zero-order valence-electron chi connectivity index (χ0n) is 6.92. The van der Waals surface area contributed by atoms with Crippen LogP contribution in [0.5, 0.6) is 5.75 Å². The molecule has 0 spiro atoms. The van der Waals surface area contributed by atoms with Crippen molar-refractivity contribution in [1.82, 2.24) is 0 Å². The van der Waals surface area contributed by atoms with Crippen molar-refractivity contribution in [2.45, 2.75) is 13.0 Å². The average molecular weight is 261 g/mol. The maximum atomic E-state index is 8.50. The molecule has 0 aliphatic carbocycles. The Kier molecular flexibility index (Phi) is 3.58. The van der Waals surface area contributed by atoms with Crippen LogP contribution in [0.3, 0.4) is 0 Å². The van der Waals surface area contributed by atoms with Crippen molar-refractivity contribution in [1.29, 1.82) is 5.26 Å². The van der Waals surface area contributed by atoms with E-state index in [9.17, 15) is 0 Å². The number of nitriles is 1. The lowest BCUT2D eigenvalue weighted by Crippen LogP contribution is -2.07. The van der Waals surface area contributed by atoms with Crippen molar-refractivity contribution < 1.29 is 4.74 Å². The van der Waals surface area contributed by atoms with Crippen molar-refractivity contribution in [2.75, 3.05) is 0 Å². The fourth-order valence-corrected chi connectivity index (χ4v) is 1.20. The molecule has 0 amide bonds. The van der Waals surface area contributed by atoms with Crippen molar-refractivity contribution in [3.05, 3.63) is 27.7 Å². The molecule has 1 rings (SSSR count). The Labute approximate surface area is 90.2 Å². The van der Waals surface area contributed by atoms with Crippen LogP contribution in [0.15, 0.2) is 22.7 Å². The summed E-state index contributed by atoms with van der Waals surface area (Å²) < 4.78 is 6.04. The van der Waals surface area contributed by atoms with Gasteiger partial charge in [0.05, 0.1) is 5.02 Å². The van der Waals surface area contributed by atoms with E-state index in [1.54, 1.807) is 25.1 Å². The van der Waals surface area contributed by atoms with Gasteiger partial charge < -0.3 is 4.74 Å². The quantitative estimate of drug-likeness (QED) is 0.816. The third kappa shape index (κ3) is 2.91. The molecule has 68 valence electrons. The molecular weight excluding hydrogens is 253 g/mol. The van der Waals surface area contributed by atoms with Crippen LogP contribution >= 0.6 is 27.5 Å². The van der Waals surface area contributed by atoms with Crippen molar-refractivity contribution in [3.63, 3.8) is 0 Å². The highest BCUT2D eigenvalue weighted by Crippen LogP contribution is 2.27. The Morgan fingerprint density at radius 3 is 2.85 bits per heavy atom. The van der Waals surface area contributed by atoms with Crippen LogP contribution in [-0.4, -0.2) is 6.10 Å². The Bertz CT molecular complexity index is 348. The Morgan fingerprint density at radius 2 is 2.31 bits per heavy atom. The van der Waals surface area contributed by atoms with Crippen LogP contribution in [0.2, 0.25) is 5.02 Å². The first kappa shape index (κ1) is 10.4. The number of nitrogens with zero attached hydrogens (tertiary/aromatic N) is 1. The van der Waals surface area contributed by atoms with E-state index in [0.29, 0.717) is 10.8 Å². The van der Waals surface area contributed by atoms with E-state index in [0.717, 1.165) is 4.47 Å². The zero-order valence-corrected chi connectivity index (χ0v) is 9.26. The summed E-state index contributed by atoms with van der Waals surface area (Å²) >= 11 is 9.09. The van der Waals surface area contributed by atoms with E-state index >= 15 is 0 Å². The summed E-state index contributed by atoms with van der Waals surface area (Å²) in [5.74, 6) is 0.599. The lowest BCUT2D eigenvalue weighted by atomic mass is 10.3. The van der Waals surface area contributed by atoms with E-state index in [1.165, 1.54) is 0 Å². The van der Waals surface area contributed by atoms with Crippen molar-refractivity contribution in [2.24, 2.45) is 0 Å². The second-order valence-electron chi connectivity index (χ2n) is 2.47. The third-order valence-electron chi connectivity index (χ3n) is 1.39. The van der Waals surface area contributed by atoms with Gasteiger partial charge in [-0.15, -0.1) is 0 Å². The summed E-state index contributed by atoms with van der Waals surface area (Å²) in [6, 6.07) is 7.17. The van der Waals surface area contributed by atoms with Gasteiger partial charge in [0.1, 0.15) is 11.8 Å². The number of rotatable bonds is 2. The van der Waals surface area contributed by atoms with Crippen LogP contribution in [-0.2, 0) is 0 Å². The van der Waals surface area contributed by atoms with Crippen molar-refractivity contribution >= 4 is 27.5 Å². The molecule has 1 atom stereocenters. The van der Waals surface area contributed by atoms with Gasteiger partial charge in [0.15, 0.2) is 6.10 Å². The topological polar surface area (TPSA) is 33.0 Å². The lowest BCUT2D eigenvalue weighted by Gasteiger charge is -2.07. The second-order valence-corrected chi connectivity index (χ2v) is 3.73. The molecule has 0 aliphatic heterocycles. The summed E-state index contributed by atoms with van der Waals surface area (Å²) in [6.45, 7) is 1.68. The fraction of sp³-hybridized carbons (Fsp3) is 0.222. The monoisotopic (exact) mass is 259 g/mol. The predicted octanol–water partition coefficient (Wildman–Crippen LogP) is 3.39. The molecule has 2 nitrogen and oxygen atoms in total. The molecule has 0 aromatic heterocycles. The maximum Gasteiger partial charge on any atom is 0.181 e. The Morgan fingerprint density at radius 1 is 1.62 bits per heavy atom. The van der Waals surface area contributed by atoms with Gasteiger partial charge in [-0.3, -0.25) is 0 Å². The van der Waals surface area contributed by atoms with Crippen LogP contribution in [0.4, 0.5) is 0 Å². The first-order valence-corrected chi connectivity index (χ1v) is 4.82. The molecule has 0 fully saturated rings. The number of halogens is 2. The van der Waals surface area contributed by atoms with Gasteiger partial charge in [0, 0.05) is 4.47 Å². The van der Waals surface area contributed by atoms with Gasteiger partial charge in [-0.2, -0.15) is 5.26 Å². The third-order valence-corrected chi connectivity index (χ3v) is 2.62. The molecule has 0 saturated heterocycles. The minimum Gasteiger partial charge on any atom is -0.476 e. The summed E-state index contributed by atoms with van der Waals surface area (Å²) in [5, 5.41) is 9.07. The first-order chi connectivity index (χ1) is 6.13. The van der Waals surface area contributed by atoms with Gasteiger partial charge in [-0.25, -0.2) is 0 Å². The molecule has 1 aromatic carbocycles. The smallest absolute Gasteiger partial charge is 0.181 e. The molecule has 0 bridgehead atoms. The molecule has 0 saturated carbocycles. The molecule has 1 aromatic rings. The fourth-order valence-electron chi connectivity index (χ4n) is 0.781. The molecular formula is C9H7BrClNO. The summed E-state index contributed by atoms with van der Waals surface area (Å²) in [7, 11) is 0. The summed E-state index contributed by atoms with van der Waals surface area (Å²) in [4.78, 5) is 0. The standard InChI is InChI=1S/C9H7BrClNO/c1-6(5-12)13-7-2-3-8(10)9(11)4-7/h2-4,6H,1H3. The molecule has 0 heterocycles. The largest absolute Gasteiger partial charge is 0.476 e.